The van der Waals surface area contributed by atoms with Crippen LogP contribution < -0.4 is 9.47 Å². The standard InChI is InChI=1S/C26H28N2O6/c1-27(2)12-7-13-28-23(18-15-17(32-3)10-11-20(18)33-4)22(25(30)26(28)31)24(29)21-14-16-8-5-6-9-19(16)34-21/h5-6,8-11,14-15,23,30H,7,12-13H2,1-4H3/t23-/m1/s1. The van der Waals surface area contributed by atoms with Gasteiger partial charge in [-0.25, -0.2) is 0 Å². The number of carbonyl (C=O) groups excluding carboxylic acids is 2. The maximum atomic E-state index is 13.7. The number of hydrogen-bond acceptors (Lipinski definition) is 7. The summed E-state index contributed by atoms with van der Waals surface area (Å²) in [5.41, 5.74) is 1.05. The van der Waals surface area contributed by atoms with Crippen molar-refractivity contribution in [2.24, 2.45) is 0 Å². The lowest BCUT2D eigenvalue weighted by molar-refractivity contribution is -0.129. The van der Waals surface area contributed by atoms with Gasteiger partial charge < -0.3 is 28.8 Å². The van der Waals surface area contributed by atoms with Crippen molar-refractivity contribution in [1.29, 1.82) is 0 Å². The Morgan fingerprint density at radius 2 is 1.88 bits per heavy atom. The number of nitrogens with zero attached hydrogens (tertiary/aromatic N) is 2. The van der Waals surface area contributed by atoms with Crippen molar-refractivity contribution < 1.29 is 28.6 Å². The van der Waals surface area contributed by atoms with E-state index in [0.717, 1.165) is 11.9 Å². The summed E-state index contributed by atoms with van der Waals surface area (Å²) < 4.78 is 16.7. The van der Waals surface area contributed by atoms with Crippen LogP contribution >= 0.6 is 0 Å². The van der Waals surface area contributed by atoms with Crippen LogP contribution in [0, 0.1) is 0 Å². The molecule has 3 aromatic rings. The molecule has 2 heterocycles. The van der Waals surface area contributed by atoms with Crippen LogP contribution in [0.3, 0.4) is 0 Å². The highest BCUT2D eigenvalue weighted by Crippen LogP contribution is 2.44. The van der Waals surface area contributed by atoms with Crippen LogP contribution in [0.1, 0.15) is 28.6 Å². The third-order valence-corrected chi connectivity index (χ3v) is 5.93. The van der Waals surface area contributed by atoms with Crippen LogP contribution in [0.15, 0.2) is 64.3 Å². The molecule has 178 valence electrons. The zero-order chi connectivity index (χ0) is 24.4. The number of fused-ring (bicyclic) bond motifs is 1. The first-order chi connectivity index (χ1) is 16.3. The summed E-state index contributed by atoms with van der Waals surface area (Å²) in [5, 5.41) is 11.7. The van der Waals surface area contributed by atoms with E-state index in [0.29, 0.717) is 35.6 Å². The van der Waals surface area contributed by atoms with Gasteiger partial charge in [-0.05, 0) is 57.4 Å². The van der Waals surface area contributed by atoms with E-state index in [4.69, 9.17) is 13.9 Å². The first kappa shape index (κ1) is 23.4. The Morgan fingerprint density at radius 1 is 1.12 bits per heavy atom. The van der Waals surface area contributed by atoms with Gasteiger partial charge in [0.25, 0.3) is 5.91 Å². The van der Waals surface area contributed by atoms with E-state index in [-0.39, 0.29) is 11.3 Å². The van der Waals surface area contributed by atoms with Crippen LogP contribution in [0.25, 0.3) is 11.0 Å². The van der Waals surface area contributed by atoms with E-state index in [1.54, 1.807) is 30.3 Å². The number of methoxy groups -OCH3 is 2. The molecule has 1 aliphatic rings. The van der Waals surface area contributed by atoms with Crippen LogP contribution in [-0.4, -0.2) is 68.0 Å². The molecule has 1 aliphatic heterocycles. The first-order valence-electron chi connectivity index (χ1n) is 11.0. The number of furan rings is 1. The van der Waals surface area contributed by atoms with Crippen molar-refractivity contribution in [3.63, 3.8) is 0 Å². The molecule has 0 saturated carbocycles. The predicted molar refractivity (Wildman–Crippen MR) is 127 cm³/mol. The summed E-state index contributed by atoms with van der Waals surface area (Å²) in [7, 11) is 6.94. The van der Waals surface area contributed by atoms with Crippen molar-refractivity contribution in [3.05, 3.63) is 71.2 Å². The molecule has 0 bridgehead atoms. The van der Waals surface area contributed by atoms with Gasteiger partial charge in [-0.15, -0.1) is 0 Å². The minimum atomic E-state index is -0.861. The van der Waals surface area contributed by atoms with Gasteiger partial charge in [-0.1, -0.05) is 18.2 Å². The summed E-state index contributed by atoms with van der Waals surface area (Å²) in [6, 6.07) is 13.2. The van der Waals surface area contributed by atoms with E-state index in [9.17, 15) is 14.7 Å². The average molecular weight is 465 g/mol. The fourth-order valence-electron chi connectivity index (χ4n) is 4.28. The van der Waals surface area contributed by atoms with E-state index in [1.165, 1.54) is 19.1 Å². The highest BCUT2D eigenvalue weighted by molar-refractivity contribution is 6.16. The van der Waals surface area contributed by atoms with Crippen molar-refractivity contribution in [1.82, 2.24) is 9.80 Å². The topological polar surface area (TPSA) is 92.4 Å². The quantitative estimate of drug-likeness (QED) is 0.479. The van der Waals surface area contributed by atoms with Gasteiger partial charge in [-0.2, -0.15) is 0 Å². The van der Waals surface area contributed by atoms with Gasteiger partial charge in [0, 0.05) is 17.5 Å². The van der Waals surface area contributed by atoms with Crippen LogP contribution in [0.4, 0.5) is 0 Å². The number of Topliss-reactive ketones (excluding diaryl/α,β-unsaturated/α-hetero) is 1. The van der Waals surface area contributed by atoms with E-state index in [2.05, 4.69) is 0 Å². The Bertz CT molecular complexity index is 1230. The third-order valence-electron chi connectivity index (χ3n) is 5.93. The molecule has 8 nitrogen and oxygen atoms in total. The molecule has 4 rings (SSSR count). The largest absolute Gasteiger partial charge is 0.503 e. The smallest absolute Gasteiger partial charge is 0.290 e. The predicted octanol–water partition coefficient (Wildman–Crippen LogP) is 3.98. The highest BCUT2D eigenvalue weighted by atomic mass is 16.5. The molecule has 0 saturated heterocycles. The Kier molecular flexibility index (Phi) is 6.61. The summed E-state index contributed by atoms with van der Waals surface area (Å²) in [6.07, 6.45) is 0.654. The summed E-state index contributed by atoms with van der Waals surface area (Å²) in [4.78, 5) is 30.4. The van der Waals surface area contributed by atoms with Gasteiger partial charge in [0.1, 0.15) is 17.1 Å². The van der Waals surface area contributed by atoms with Gasteiger partial charge in [-0.3, -0.25) is 9.59 Å². The van der Waals surface area contributed by atoms with E-state index < -0.39 is 23.5 Å². The highest BCUT2D eigenvalue weighted by Gasteiger charge is 2.45. The zero-order valence-electron chi connectivity index (χ0n) is 19.7. The molecule has 0 fully saturated rings. The van der Waals surface area contributed by atoms with E-state index in [1.807, 2.05) is 37.2 Å². The number of aliphatic hydroxyl groups is 1. The normalized spacial score (nSPS) is 16.1. The number of ketones is 1. The number of amides is 1. The molecular weight excluding hydrogens is 436 g/mol. The maximum Gasteiger partial charge on any atom is 0.290 e. The van der Waals surface area contributed by atoms with Crippen molar-refractivity contribution in [2.45, 2.75) is 12.5 Å². The molecule has 2 aromatic carbocycles. The van der Waals surface area contributed by atoms with Gasteiger partial charge in [0.2, 0.25) is 5.78 Å². The number of carbonyl (C=O) groups is 2. The molecular formula is C26H28N2O6. The van der Waals surface area contributed by atoms with Crippen molar-refractivity contribution in [3.8, 4) is 11.5 Å². The Labute approximate surface area is 198 Å². The average Bonchev–Trinajstić information content (AvgIpc) is 3.38. The molecule has 1 aromatic heterocycles. The van der Waals surface area contributed by atoms with Crippen LogP contribution in [0.5, 0.6) is 11.5 Å². The molecule has 1 N–H and O–H groups in total. The number of rotatable bonds is 9. The molecule has 0 unspecified atom stereocenters. The summed E-state index contributed by atoms with van der Waals surface area (Å²) in [6.45, 7) is 1.07. The molecule has 1 amide bonds. The number of para-hydroxylation sites is 1. The third kappa shape index (κ3) is 4.24. The lowest BCUT2D eigenvalue weighted by Gasteiger charge is -2.28. The molecule has 8 heteroatoms. The molecule has 0 spiro atoms. The van der Waals surface area contributed by atoms with E-state index >= 15 is 0 Å². The molecule has 0 radical (unpaired) electrons. The SMILES string of the molecule is COc1ccc(OC)c([C@@H]2C(C(=O)c3cc4ccccc4o3)=C(O)C(=O)N2CCCN(C)C)c1. The minimum Gasteiger partial charge on any atom is -0.503 e. The van der Waals surface area contributed by atoms with Gasteiger partial charge in [0.05, 0.1) is 25.8 Å². The zero-order valence-corrected chi connectivity index (χ0v) is 19.7. The molecule has 0 aliphatic carbocycles. The fraction of sp³-hybridized carbons (Fsp3) is 0.308. The summed E-state index contributed by atoms with van der Waals surface area (Å²) in [5.74, 6) is -0.665. The second-order valence-electron chi connectivity index (χ2n) is 8.41. The Morgan fingerprint density at radius 3 is 2.56 bits per heavy atom. The van der Waals surface area contributed by atoms with Crippen molar-refractivity contribution >= 4 is 22.7 Å². The maximum absolute atomic E-state index is 13.7. The van der Waals surface area contributed by atoms with Crippen molar-refractivity contribution in [2.75, 3.05) is 41.4 Å². The fourth-order valence-corrected chi connectivity index (χ4v) is 4.28. The number of hydrogen-bond donors (Lipinski definition) is 1. The second kappa shape index (κ2) is 9.61. The second-order valence-corrected chi connectivity index (χ2v) is 8.41. The van der Waals surface area contributed by atoms with Gasteiger partial charge in [0.15, 0.2) is 11.5 Å². The van der Waals surface area contributed by atoms with Crippen LogP contribution in [0.2, 0.25) is 0 Å². The molecule has 34 heavy (non-hydrogen) atoms. The van der Waals surface area contributed by atoms with Gasteiger partial charge >= 0.3 is 0 Å². The first-order valence-corrected chi connectivity index (χ1v) is 11.0. The number of benzene rings is 2. The lowest BCUT2D eigenvalue weighted by atomic mass is 9.94. The number of aliphatic hydroxyl groups excluding tert-OH is 1. The Hall–Kier alpha value is -3.78. The Balaban J connectivity index is 1.82. The summed E-state index contributed by atoms with van der Waals surface area (Å²) >= 11 is 0. The molecule has 1 atom stereocenters. The van der Waals surface area contributed by atoms with Crippen LogP contribution in [-0.2, 0) is 4.79 Å². The lowest BCUT2D eigenvalue weighted by Crippen LogP contribution is -2.33. The number of ether oxygens (including phenoxy) is 2. The minimum absolute atomic E-state index is 0.0412. The monoisotopic (exact) mass is 464 g/mol.